The number of carbonyl (C=O) groups excluding carboxylic acids is 2. The zero-order chi connectivity index (χ0) is 28.7. The van der Waals surface area contributed by atoms with E-state index in [9.17, 15) is 22.8 Å². The van der Waals surface area contributed by atoms with Crippen LogP contribution in [0.4, 0.5) is 24.9 Å². The van der Waals surface area contributed by atoms with Gasteiger partial charge in [-0.25, -0.2) is 4.98 Å². The summed E-state index contributed by atoms with van der Waals surface area (Å²) < 4.78 is 46.9. The molecule has 0 saturated carbocycles. The topological polar surface area (TPSA) is 126 Å². The number of nitrogens with two attached hydrogens (primary N) is 1. The minimum absolute atomic E-state index is 0.0287. The number of nitrogens with zero attached hydrogens (tertiary/aromatic N) is 4. The Morgan fingerprint density at radius 3 is 2.46 bits per heavy atom. The molecule has 4 aliphatic rings. The fraction of sp³-hybridized carbons (Fsp3) is 0.571. The lowest BCUT2D eigenvalue weighted by atomic mass is 9.99. The molecule has 2 bridgehead atoms. The zero-order valence-corrected chi connectivity index (χ0v) is 22.6. The zero-order valence-electron chi connectivity index (χ0n) is 22.6. The van der Waals surface area contributed by atoms with Crippen molar-refractivity contribution in [3.05, 3.63) is 41.1 Å². The lowest BCUT2D eigenvalue weighted by Crippen LogP contribution is -2.47. The Bertz CT molecular complexity index is 1300. The van der Waals surface area contributed by atoms with Gasteiger partial charge >= 0.3 is 6.18 Å². The molecule has 0 spiro atoms. The van der Waals surface area contributed by atoms with Gasteiger partial charge in [0.05, 0.1) is 5.56 Å². The van der Waals surface area contributed by atoms with Crippen molar-refractivity contribution in [1.82, 2.24) is 20.2 Å². The van der Waals surface area contributed by atoms with E-state index >= 15 is 0 Å². The average Bonchev–Trinajstić information content (AvgIpc) is 3.64. The predicted octanol–water partition coefficient (Wildman–Crippen LogP) is 3.07. The number of benzene rings is 1. The third-order valence-corrected chi connectivity index (χ3v) is 8.53. The summed E-state index contributed by atoms with van der Waals surface area (Å²) in [6, 6.07) is 4.84. The number of aromatic nitrogens is 2. The lowest BCUT2D eigenvalue weighted by Gasteiger charge is -2.39. The molecule has 5 heterocycles. The van der Waals surface area contributed by atoms with Crippen molar-refractivity contribution in [3.63, 3.8) is 0 Å². The van der Waals surface area contributed by atoms with Crippen LogP contribution < -0.4 is 26.0 Å². The monoisotopic (exact) mass is 573 g/mol. The van der Waals surface area contributed by atoms with Crippen LogP contribution in [0.5, 0.6) is 5.75 Å². The van der Waals surface area contributed by atoms with Gasteiger partial charge in [-0.05, 0) is 63.4 Å². The Morgan fingerprint density at radius 2 is 1.83 bits per heavy atom. The second kappa shape index (κ2) is 11.0. The maximum Gasteiger partial charge on any atom is 0.416 e. The second-order valence-electron chi connectivity index (χ2n) is 11.4. The van der Waals surface area contributed by atoms with E-state index in [0.717, 1.165) is 44.8 Å². The molecule has 41 heavy (non-hydrogen) atoms. The van der Waals surface area contributed by atoms with Crippen molar-refractivity contribution in [2.75, 3.05) is 29.9 Å². The summed E-state index contributed by atoms with van der Waals surface area (Å²) >= 11 is 0. The number of ether oxygens (including phenoxy) is 1. The first-order valence-electron chi connectivity index (χ1n) is 14.2. The normalized spacial score (nSPS) is 26.3. The lowest BCUT2D eigenvalue weighted by molar-refractivity contribution is -0.137. The molecule has 0 unspecified atom stereocenters. The molecule has 4 saturated heterocycles. The Labute approximate surface area is 235 Å². The standard InChI is InChI=1S/C28H34F3N7O3/c29-28(30,31)17-3-6-23(16(11-17)15-37-9-1-2-10-37)41-20-12-18-4-5-19(13-20)38(18)27-35-22(25(32)39)14-24(36-27)34-21-7-8-33-26(21)40/h3,6,11,14,18-21H,1-2,4-5,7-10,12-13,15H2,(H2,32,39)(H,33,40)(H,34,35,36)/t18-,19+,20+,21-/m0/s1. The maximum atomic E-state index is 13.5. The molecule has 13 heteroatoms. The van der Waals surface area contributed by atoms with E-state index in [2.05, 4.69) is 30.4 Å². The number of fused-ring (bicyclic) bond motifs is 2. The number of hydrogen-bond acceptors (Lipinski definition) is 8. The number of primary amides is 1. The quantitative estimate of drug-likeness (QED) is 0.440. The van der Waals surface area contributed by atoms with Gasteiger partial charge in [-0.3, -0.25) is 14.5 Å². The number of nitrogens with one attached hydrogen (secondary N) is 2. The van der Waals surface area contributed by atoms with Gasteiger partial charge in [-0.1, -0.05) is 0 Å². The minimum Gasteiger partial charge on any atom is -0.490 e. The van der Waals surface area contributed by atoms with Crippen LogP contribution >= 0.6 is 0 Å². The molecule has 1 aromatic heterocycles. The number of anilines is 2. The van der Waals surface area contributed by atoms with E-state index in [-0.39, 0.29) is 29.8 Å². The number of halogens is 3. The van der Waals surface area contributed by atoms with Gasteiger partial charge in [0.25, 0.3) is 5.91 Å². The summed E-state index contributed by atoms with van der Waals surface area (Å²) in [6.07, 6.45) is 1.10. The number of amides is 2. The van der Waals surface area contributed by atoms with E-state index in [0.29, 0.717) is 55.4 Å². The number of hydrogen-bond donors (Lipinski definition) is 3. The van der Waals surface area contributed by atoms with Crippen LogP contribution in [0, 0.1) is 0 Å². The van der Waals surface area contributed by atoms with E-state index in [1.165, 1.54) is 18.2 Å². The predicted molar refractivity (Wildman–Crippen MR) is 144 cm³/mol. The van der Waals surface area contributed by atoms with E-state index in [4.69, 9.17) is 10.5 Å². The van der Waals surface area contributed by atoms with Crippen molar-refractivity contribution in [2.24, 2.45) is 5.73 Å². The van der Waals surface area contributed by atoms with E-state index < -0.39 is 23.7 Å². The number of rotatable bonds is 8. The van der Waals surface area contributed by atoms with Crippen molar-refractivity contribution in [1.29, 1.82) is 0 Å². The van der Waals surface area contributed by atoms with Crippen LogP contribution in [0.2, 0.25) is 0 Å². The van der Waals surface area contributed by atoms with Crippen molar-refractivity contribution < 1.29 is 27.5 Å². The van der Waals surface area contributed by atoms with Crippen LogP contribution in [-0.2, 0) is 17.5 Å². The van der Waals surface area contributed by atoms with Gasteiger partial charge in [0, 0.05) is 49.6 Å². The summed E-state index contributed by atoms with van der Waals surface area (Å²) in [7, 11) is 0. The Morgan fingerprint density at radius 1 is 1.10 bits per heavy atom. The number of alkyl halides is 3. The van der Waals surface area contributed by atoms with Crippen LogP contribution in [0.1, 0.15) is 66.6 Å². The summed E-state index contributed by atoms with van der Waals surface area (Å²) in [6.45, 7) is 2.72. The second-order valence-corrected chi connectivity index (χ2v) is 11.4. The number of likely N-dealkylation sites (tertiary alicyclic amines) is 1. The molecule has 220 valence electrons. The summed E-state index contributed by atoms with van der Waals surface area (Å²) in [5, 5.41) is 5.87. The molecule has 6 rings (SSSR count). The first-order valence-corrected chi connectivity index (χ1v) is 14.2. The molecule has 0 aliphatic carbocycles. The largest absolute Gasteiger partial charge is 0.490 e. The van der Waals surface area contributed by atoms with Crippen LogP contribution in [0.25, 0.3) is 0 Å². The fourth-order valence-electron chi connectivity index (χ4n) is 6.57. The van der Waals surface area contributed by atoms with Gasteiger partial charge in [-0.15, -0.1) is 0 Å². The first-order chi connectivity index (χ1) is 19.6. The third kappa shape index (κ3) is 5.90. The highest BCUT2D eigenvalue weighted by Crippen LogP contribution is 2.41. The van der Waals surface area contributed by atoms with Gasteiger partial charge in [-0.2, -0.15) is 18.2 Å². The Hall–Kier alpha value is -3.61. The molecule has 0 radical (unpaired) electrons. The average molecular weight is 574 g/mol. The third-order valence-electron chi connectivity index (χ3n) is 8.53. The molecular formula is C28H34F3N7O3. The summed E-state index contributed by atoms with van der Waals surface area (Å²) in [5.74, 6) is 0.413. The first kappa shape index (κ1) is 27.6. The van der Waals surface area contributed by atoms with Crippen LogP contribution in [-0.4, -0.2) is 70.5 Å². The number of piperidine rings is 1. The van der Waals surface area contributed by atoms with Gasteiger partial charge in [0.1, 0.15) is 29.4 Å². The Balaban J connectivity index is 1.21. The fourth-order valence-corrected chi connectivity index (χ4v) is 6.57. The molecule has 10 nitrogen and oxygen atoms in total. The molecule has 4 aliphatic heterocycles. The highest BCUT2D eigenvalue weighted by Gasteiger charge is 2.43. The molecule has 4 atom stereocenters. The summed E-state index contributed by atoms with van der Waals surface area (Å²) in [4.78, 5) is 37.5. The highest BCUT2D eigenvalue weighted by atomic mass is 19.4. The smallest absolute Gasteiger partial charge is 0.416 e. The molecule has 4 N–H and O–H groups in total. The molecule has 2 amide bonds. The van der Waals surface area contributed by atoms with Crippen LogP contribution in [0.15, 0.2) is 24.3 Å². The SMILES string of the molecule is NC(=O)c1cc(N[C@H]2CCNC2=O)nc(N2[C@@H]3CC[C@H]2C[C@@H](Oc2ccc(C(F)(F)F)cc2CN2CCCC2)C3)n1. The molecular weight excluding hydrogens is 539 g/mol. The van der Waals surface area contributed by atoms with E-state index in [1.807, 2.05) is 0 Å². The minimum atomic E-state index is -4.42. The molecule has 2 aromatic rings. The summed E-state index contributed by atoms with van der Waals surface area (Å²) in [5.41, 5.74) is 5.52. The Kier molecular flexibility index (Phi) is 7.39. The maximum absolute atomic E-state index is 13.5. The number of carbonyl (C=O) groups is 2. The highest BCUT2D eigenvalue weighted by molar-refractivity contribution is 5.92. The molecule has 4 fully saturated rings. The molecule has 1 aromatic carbocycles. The van der Waals surface area contributed by atoms with Gasteiger partial charge < -0.3 is 26.0 Å². The van der Waals surface area contributed by atoms with Crippen molar-refractivity contribution in [2.45, 2.75) is 81.9 Å². The van der Waals surface area contributed by atoms with E-state index in [1.54, 1.807) is 0 Å². The van der Waals surface area contributed by atoms with Crippen molar-refractivity contribution >= 4 is 23.6 Å². The van der Waals surface area contributed by atoms with Gasteiger partial charge in [0.2, 0.25) is 11.9 Å². The van der Waals surface area contributed by atoms with Gasteiger partial charge in [0.15, 0.2) is 0 Å². The van der Waals surface area contributed by atoms with Crippen molar-refractivity contribution in [3.8, 4) is 5.75 Å². The van der Waals surface area contributed by atoms with Crippen LogP contribution in [0.3, 0.4) is 0 Å².